The molecule has 0 radical (unpaired) electrons. The van der Waals surface area contributed by atoms with Gasteiger partial charge in [-0.2, -0.15) is 21.6 Å². The second-order valence-electron chi connectivity index (χ2n) is 3.23. The average Bonchev–Trinajstić information content (AvgIpc) is 2.18. The molecule has 0 saturated carbocycles. The molecule has 1 aromatic carbocycles. The van der Waals surface area contributed by atoms with Gasteiger partial charge in [-0.1, -0.05) is 0 Å². The number of anilines is 1. The summed E-state index contributed by atoms with van der Waals surface area (Å²) in [6, 6.07) is 1.51. The van der Waals surface area contributed by atoms with Crippen LogP contribution < -0.4 is 14.7 Å². The van der Waals surface area contributed by atoms with Crippen LogP contribution in [0, 0.1) is 0 Å². The van der Waals surface area contributed by atoms with Crippen molar-refractivity contribution in [2.75, 3.05) is 5.73 Å². The highest BCUT2D eigenvalue weighted by atomic mass is 32.2. The number of benzene rings is 1. The van der Waals surface area contributed by atoms with Crippen LogP contribution in [0.15, 0.2) is 18.2 Å². The van der Waals surface area contributed by atoms with Crippen LogP contribution in [0.4, 0.5) is 32.0 Å². The minimum Gasteiger partial charge on any atom is -0.406 e. The highest BCUT2D eigenvalue weighted by molar-refractivity contribution is 7.88. The van der Waals surface area contributed by atoms with Crippen molar-refractivity contribution in [2.24, 2.45) is 0 Å². The van der Waals surface area contributed by atoms with Crippen LogP contribution in [-0.2, 0) is 10.1 Å². The Hall–Kier alpha value is -1.85. The monoisotopic (exact) mass is 325 g/mol. The molecule has 0 amide bonds. The molecule has 0 saturated heterocycles. The van der Waals surface area contributed by atoms with Crippen molar-refractivity contribution in [3.05, 3.63) is 18.2 Å². The molecule has 0 bridgehead atoms. The molecule has 0 fully saturated rings. The Bertz CT molecular complexity index is 594. The minimum atomic E-state index is -5.96. The number of nitrogens with two attached hydrogens (primary N) is 1. The van der Waals surface area contributed by atoms with Crippen molar-refractivity contribution in [3.63, 3.8) is 0 Å². The van der Waals surface area contributed by atoms with Crippen molar-refractivity contribution in [3.8, 4) is 11.5 Å². The number of ether oxygens (including phenoxy) is 1. The fourth-order valence-electron chi connectivity index (χ4n) is 0.965. The van der Waals surface area contributed by atoms with Gasteiger partial charge in [-0.15, -0.1) is 13.2 Å². The maximum Gasteiger partial charge on any atom is 0.573 e. The van der Waals surface area contributed by atoms with Gasteiger partial charge in [-0.25, -0.2) is 0 Å². The highest BCUT2D eigenvalue weighted by Crippen LogP contribution is 2.33. The molecule has 114 valence electrons. The summed E-state index contributed by atoms with van der Waals surface area (Å²) < 4.78 is 100. The average molecular weight is 325 g/mol. The number of nitrogen functional groups attached to an aromatic ring is 1. The molecule has 20 heavy (non-hydrogen) atoms. The van der Waals surface area contributed by atoms with Gasteiger partial charge in [0, 0.05) is 6.07 Å². The lowest BCUT2D eigenvalue weighted by molar-refractivity contribution is -0.274. The van der Waals surface area contributed by atoms with Gasteiger partial charge in [0.25, 0.3) is 0 Å². The Morgan fingerprint density at radius 3 is 2.00 bits per heavy atom. The standard InChI is InChI=1S/C8H5F6NO4S/c9-7(10,11)18-4-1-2-6(5(15)3-4)19-20(16,17)8(12,13)14/h1-3H,15H2. The Morgan fingerprint density at radius 1 is 1.05 bits per heavy atom. The van der Waals surface area contributed by atoms with Crippen molar-refractivity contribution in [2.45, 2.75) is 11.9 Å². The molecule has 5 nitrogen and oxygen atoms in total. The minimum absolute atomic E-state index is 0.467. The topological polar surface area (TPSA) is 78.6 Å². The summed E-state index contributed by atoms with van der Waals surface area (Å²) in [5, 5.41) is 0. The van der Waals surface area contributed by atoms with E-state index in [1.165, 1.54) is 0 Å². The number of hydrogen-bond acceptors (Lipinski definition) is 5. The fourth-order valence-corrected chi connectivity index (χ4v) is 1.45. The molecule has 0 spiro atoms. The van der Waals surface area contributed by atoms with E-state index in [1.54, 1.807) is 0 Å². The summed E-state index contributed by atoms with van der Waals surface area (Å²) in [6.45, 7) is 0. The third-order valence-corrected chi connectivity index (χ3v) is 2.66. The molecule has 0 heterocycles. The molecule has 0 aliphatic carbocycles. The lowest BCUT2D eigenvalue weighted by atomic mass is 10.3. The second-order valence-corrected chi connectivity index (χ2v) is 4.77. The van der Waals surface area contributed by atoms with E-state index < -0.39 is 39.2 Å². The van der Waals surface area contributed by atoms with Gasteiger partial charge in [0.1, 0.15) is 5.75 Å². The third-order valence-electron chi connectivity index (χ3n) is 1.70. The molecule has 2 N–H and O–H groups in total. The Balaban J connectivity index is 3.01. The summed E-state index contributed by atoms with van der Waals surface area (Å²) in [7, 11) is -5.96. The maximum atomic E-state index is 12.0. The zero-order valence-corrected chi connectivity index (χ0v) is 9.93. The molecule has 1 rings (SSSR count). The van der Waals surface area contributed by atoms with Gasteiger partial charge in [-0.3, -0.25) is 0 Å². The third kappa shape index (κ3) is 4.08. The molecule has 1 aromatic rings. The van der Waals surface area contributed by atoms with E-state index in [1.807, 2.05) is 0 Å². The molecule has 0 aliphatic heterocycles. The van der Waals surface area contributed by atoms with Crippen molar-refractivity contribution >= 4 is 15.8 Å². The lowest BCUT2D eigenvalue weighted by Gasteiger charge is -2.13. The number of halogens is 6. The first kappa shape index (κ1) is 16.2. The summed E-state index contributed by atoms with van der Waals surface area (Å²) in [6.07, 6.45) is -5.03. The summed E-state index contributed by atoms with van der Waals surface area (Å²) >= 11 is 0. The SMILES string of the molecule is Nc1cc(OC(F)(F)F)ccc1OS(=O)(=O)C(F)(F)F. The normalized spacial score (nSPS) is 13.1. The summed E-state index contributed by atoms with van der Waals surface area (Å²) in [5.41, 5.74) is -1.39. The summed E-state index contributed by atoms with van der Waals surface area (Å²) in [5.74, 6) is -1.82. The Morgan fingerprint density at radius 2 is 1.60 bits per heavy atom. The van der Waals surface area contributed by atoms with Gasteiger partial charge < -0.3 is 14.7 Å². The Labute approximate surface area is 108 Å². The van der Waals surface area contributed by atoms with Crippen molar-refractivity contribution in [1.29, 1.82) is 0 Å². The van der Waals surface area contributed by atoms with E-state index in [-0.39, 0.29) is 0 Å². The van der Waals surface area contributed by atoms with Crippen molar-refractivity contribution in [1.82, 2.24) is 0 Å². The molecule has 12 heteroatoms. The van der Waals surface area contributed by atoms with Crippen LogP contribution in [0.5, 0.6) is 11.5 Å². The molecular weight excluding hydrogens is 320 g/mol. The largest absolute Gasteiger partial charge is 0.573 e. The van der Waals surface area contributed by atoms with Crippen LogP contribution in [-0.4, -0.2) is 20.3 Å². The van der Waals surface area contributed by atoms with E-state index in [4.69, 9.17) is 5.73 Å². The zero-order valence-electron chi connectivity index (χ0n) is 9.12. The van der Waals surface area contributed by atoms with Gasteiger partial charge >= 0.3 is 22.0 Å². The van der Waals surface area contributed by atoms with E-state index in [0.29, 0.717) is 18.2 Å². The quantitative estimate of drug-likeness (QED) is 0.399. The fraction of sp³-hybridized carbons (Fsp3) is 0.250. The molecule has 0 atom stereocenters. The van der Waals surface area contributed by atoms with E-state index >= 15 is 0 Å². The van der Waals surface area contributed by atoms with Crippen LogP contribution in [0.1, 0.15) is 0 Å². The molecule has 0 aliphatic rings. The van der Waals surface area contributed by atoms with Crippen LogP contribution in [0.3, 0.4) is 0 Å². The van der Waals surface area contributed by atoms with Gasteiger partial charge in [-0.05, 0) is 12.1 Å². The number of hydrogen-bond donors (Lipinski definition) is 1. The first-order chi connectivity index (χ1) is 8.82. The first-order valence-electron chi connectivity index (χ1n) is 4.48. The van der Waals surface area contributed by atoms with Gasteiger partial charge in [0.2, 0.25) is 0 Å². The molecular formula is C8H5F6NO4S. The number of alkyl halides is 6. The smallest absolute Gasteiger partial charge is 0.406 e. The number of rotatable bonds is 3. The molecule has 0 unspecified atom stereocenters. The zero-order chi connectivity index (χ0) is 15.8. The van der Waals surface area contributed by atoms with Gasteiger partial charge in [0.05, 0.1) is 5.69 Å². The molecule has 0 aromatic heterocycles. The van der Waals surface area contributed by atoms with Crippen molar-refractivity contribution < 1.29 is 43.7 Å². The van der Waals surface area contributed by atoms with Gasteiger partial charge in [0.15, 0.2) is 5.75 Å². The van der Waals surface area contributed by atoms with E-state index in [0.717, 1.165) is 0 Å². The maximum absolute atomic E-state index is 12.0. The first-order valence-corrected chi connectivity index (χ1v) is 5.89. The Kier molecular flexibility index (Phi) is 3.99. The lowest BCUT2D eigenvalue weighted by Crippen LogP contribution is -2.28. The predicted octanol–water partition coefficient (Wildman–Crippen LogP) is 2.40. The highest BCUT2D eigenvalue weighted by Gasteiger charge is 2.48. The van der Waals surface area contributed by atoms with Crippen LogP contribution >= 0.6 is 0 Å². The van der Waals surface area contributed by atoms with E-state index in [2.05, 4.69) is 8.92 Å². The van der Waals surface area contributed by atoms with Crippen LogP contribution in [0.2, 0.25) is 0 Å². The van der Waals surface area contributed by atoms with E-state index in [9.17, 15) is 34.8 Å². The predicted molar refractivity (Wildman–Crippen MR) is 53.1 cm³/mol. The second kappa shape index (κ2) is 4.92. The van der Waals surface area contributed by atoms with Crippen LogP contribution in [0.25, 0.3) is 0 Å². The summed E-state index contributed by atoms with van der Waals surface area (Å²) in [4.78, 5) is 0.